The Hall–Kier alpha value is -3.13. The number of halogens is 1. The fourth-order valence-electron chi connectivity index (χ4n) is 4.00. The number of carbonyl (C=O) groups is 2. The lowest BCUT2D eigenvalue weighted by Crippen LogP contribution is -2.39. The molecule has 2 saturated carbocycles. The van der Waals surface area contributed by atoms with Crippen LogP contribution < -0.4 is 5.32 Å². The van der Waals surface area contributed by atoms with Gasteiger partial charge in [0.15, 0.2) is 0 Å². The second kappa shape index (κ2) is 8.55. The normalized spacial score (nSPS) is 21.0. The van der Waals surface area contributed by atoms with Crippen LogP contribution in [0.25, 0.3) is 0 Å². The summed E-state index contributed by atoms with van der Waals surface area (Å²) in [5.74, 6) is 5.81. The quantitative estimate of drug-likeness (QED) is 0.759. The SMILES string of the molecule is CN(C(=O)c1ccc(C#Cc2ccc(F)cc2)cc1)[C@@H]1CC[C@H](C(=O)NC2(C)CC2)C1. The Morgan fingerprint density at radius 2 is 1.58 bits per heavy atom. The van der Waals surface area contributed by atoms with Gasteiger partial charge in [-0.25, -0.2) is 4.39 Å². The summed E-state index contributed by atoms with van der Waals surface area (Å²) < 4.78 is 13.0. The van der Waals surface area contributed by atoms with Gasteiger partial charge in [-0.05, 0) is 87.6 Å². The lowest BCUT2D eigenvalue weighted by Gasteiger charge is -2.25. The first-order valence-corrected chi connectivity index (χ1v) is 10.8. The molecule has 2 aliphatic rings. The number of nitrogens with one attached hydrogen (secondary N) is 1. The van der Waals surface area contributed by atoms with Gasteiger partial charge < -0.3 is 10.2 Å². The van der Waals surface area contributed by atoms with E-state index >= 15 is 0 Å². The van der Waals surface area contributed by atoms with Crippen molar-refractivity contribution < 1.29 is 14.0 Å². The average Bonchev–Trinajstić information content (AvgIpc) is 3.28. The van der Waals surface area contributed by atoms with E-state index in [4.69, 9.17) is 0 Å². The molecule has 2 atom stereocenters. The molecular weight excluding hydrogens is 391 g/mol. The van der Waals surface area contributed by atoms with E-state index in [0.29, 0.717) is 12.0 Å². The molecule has 4 nitrogen and oxygen atoms in total. The van der Waals surface area contributed by atoms with Gasteiger partial charge in [0.25, 0.3) is 5.91 Å². The molecule has 2 aromatic rings. The predicted octanol–water partition coefficient (Wildman–Crippen LogP) is 4.13. The first-order valence-electron chi connectivity index (χ1n) is 10.8. The molecular formula is C26H27FN2O2. The monoisotopic (exact) mass is 418 g/mol. The maximum Gasteiger partial charge on any atom is 0.253 e. The third-order valence-electron chi connectivity index (χ3n) is 6.40. The molecule has 0 unspecified atom stereocenters. The van der Waals surface area contributed by atoms with Crippen molar-refractivity contribution in [2.45, 2.75) is 50.6 Å². The summed E-state index contributed by atoms with van der Waals surface area (Å²) >= 11 is 0. The molecule has 0 radical (unpaired) electrons. The van der Waals surface area contributed by atoms with E-state index in [1.54, 1.807) is 29.2 Å². The van der Waals surface area contributed by atoms with E-state index in [0.717, 1.165) is 36.8 Å². The standard InChI is InChI=1S/C26H27FN2O2/c1-26(15-16-26)28-24(30)21-11-14-23(17-21)29(2)25(31)20-9-5-18(6-10-20)3-4-19-7-12-22(27)13-8-19/h5-10,12-13,21,23H,11,14-17H2,1-2H3,(H,28,30)/t21-,23+/m0/s1. The number of nitrogens with zero attached hydrogens (tertiary/aromatic N) is 1. The Labute approximate surface area is 182 Å². The van der Waals surface area contributed by atoms with Crippen molar-refractivity contribution >= 4 is 11.8 Å². The highest BCUT2D eigenvalue weighted by atomic mass is 19.1. The number of benzene rings is 2. The zero-order valence-electron chi connectivity index (χ0n) is 18.0. The van der Waals surface area contributed by atoms with Gasteiger partial charge in [-0.2, -0.15) is 0 Å². The lowest BCUT2D eigenvalue weighted by atomic mass is 10.1. The molecule has 2 amide bonds. The van der Waals surface area contributed by atoms with Crippen LogP contribution in [0.1, 0.15) is 60.5 Å². The average molecular weight is 419 g/mol. The fraction of sp³-hybridized carbons (Fsp3) is 0.385. The van der Waals surface area contributed by atoms with Crippen LogP contribution in [0.3, 0.4) is 0 Å². The summed E-state index contributed by atoms with van der Waals surface area (Å²) in [4.78, 5) is 27.2. The second-order valence-corrected chi connectivity index (χ2v) is 8.96. The maximum absolute atomic E-state index is 13.0. The summed E-state index contributed by atoms with van der Waals surface area (Å²) in [7, 11) is 1.82. The second-order valence-electron chi connectivity index (χ2n) is 8.96. The van der Waals surface area contributed by atoms with Crippen LogP contribution in [0.5, 0.6) is 0 Å². The van der Waals surface area contributed by atoms with Crippen molar-refractivity contribution in [1.82, 2.24) is 10.2 Å². The van der Waals surface area contributed by atoms with E-state index in [9.17, 15) is 14.0 Å². The minimum Gasteiger partial charge on any atom is -0.351 e. The topological polar surface area (TPSA) is 49.4 Å². The molecule has 0 saturated heterocycles. The van der Waals surface area contributed by atoms with Crippen LogP contribution in [0.2, 0.25) is 0 Å². The molecule has 5 heteroatoms. The summed E-state index contributed by atoms with van der Waals surface area (Å²) in [5.41, 5.74) is 2.12. The fourth-order valence-corrected chi connectivity index (χ4v) is 4.00. The van der Waals surface area contributed by atoms with Crippen molar-refractivity contribution in [3.05, 3.63) is 71.0 Å². The van der Waals surface area contributed by atoms with Crippen LogP contribution in [0, 0.1) is 23.6 Å². The molecule has 31 heavy (non-hydrogen) atoms. The molecule has 0 aromatic heterocycles. The zero-order valence-corrected chi connectivity index (χ0v) is 18.0. The highest BCUT2D eigenvalue weighted by Gasteiger charge is 2.42. The van der Waals surface area contributed by atoms with Crippen molar-refractivity contribution in [2.24, 2.45) is 5.92 Å². The first-order chi connectivity index (χ1) is 14.8. The van der Waals surface area contributed by atoms with Crippen LogP contribution in [0.4, 0.5) is 4.39 Å². The summed E-state index contributed by atoms with van der Waals surface area (Å²) in [6.45, 7) is 2.08. The van der Waals surface area contributed by atoms with Gasteiger partial charge >= 0.3 is 0 Å². The molecule has 1 N–H and O–H groups in total. The smallest absolute Gasteiger partial charge is 0.253 e. The van der Waals surface area contributed by atoms with Crippen LogP contribution in [-0.2, 0) is 4.79 Å². The van der Waals surface area contributed by atoms with Gasteiger partial charge in [-0.3, -0.25) is 9.59 Å². The van der Waals surface area contributed by atoms with E-state index in [-0.39, 0.29) is 35.1 Å². The Bertz CT molecular complexity index is 1030. The maximum atomic E-state index is 13.0. The Morgan fingerprint density at radius 1 is 1.00 bits per heavy atom. The zero-order chi connectivity index (χ0) is 22.0. The van der Waals surface area contributed by atoms with Gasteiger partial charge in [-0.15, -0.1) is 0 Å². The highest BCUT2D eigenvalue weighted by molar-refractivity contribution is 5.94. The molecule has 4 rings (SSSR count). The summed E-state index contributed by atoms with van der Waals surface area (Å²) in [6.07, 6.45) is 4.49. The van der Waals surface area contributed by atoms with Crippen molar-refractivity contribution in [3.8, 4) is 11.8 Å². The Kier molecular flexibility index (Phi) is 5.82. The predicted molar refractivity (Wildman–Crippen MR) is 118 cm³/mol. The van der Waals surface area contributed by atoms with E-state index in [2.05, 4.69) is 24.1 Å². The molecule has 0 heterocycles. The lowest BCUT2D eigenvalue weighted by molar-refractivity contribution is -0.125. The van der Waals surface area contributed by atoms with Gasteiger partial charge in [0, 0.05) is 41.2 Å². The third kappa shape index (κ3) is 5.14. The van der Waals surface area contributed by atoms with Crippen molar-refractivity contribution in [2.75, 3.05) is 7.05 Å². The van der Waals surface area contributed by atoms with Gasteiger partial charge in [0.2, 0.25) is 5.91 Å². The molecule has 0 spiro atoms. The number of carbonyl (C=O) groups excluding carboxylic acids is 2. The van der Waals surface area contributed by atoms with Crippen LogP contribution >= 0.6 is 0 Å². The minimum absolute atomic E-state index is 0.00176. The van der Waals surface area contributed by atoms with E-state index < -0.39 is 0 Å². The summed E-state index contributed by atoms with van der Waals surface area (Å²) in [5, 5.41) is 3.15. The van der Waals surface area contributed by atoms with Gasteiger partial charge in [-0.1, -0.05) is 11.8 Å². The van der Waals surface area contributed by atoms with Crippen LogP contribution in [0.15, 0.2) is 48.5 Å². The Morgan fingerprint density at radius 3 is 2.16 bits per heavy atom. The number of hydrogen-bond acceptors (Lipinski definition) is 2. The first kappa shape index (κ1) is 21.1. The van der Waals surface area contributed by atoms with E-state index in [1.165, 1.54) is 12.1 Å². The number of rotatable bonds is 4. The number of hydrogen-bond donors (Lipinski definition) is 1. The van der Waals surface area contributed by atoms with E-state index in [1.807, 2.05) is 19.2 Å². The largest absolute Gasteiger partial charge is 0.351 e. The highest BCUT2D eigenvalue weighted by Crippen LogP contribution is 2.36. The third-order valence-corrected chi connectivity index (χ3v) is 6.40. The molecule has 160 valence electrons. The molecule has 2 aliphatic carbocycles. The molecule has 0 bridgehead atoms. The number of amides is 2. The Balaban J connectivity index is 1.34. The van der Waals surface area contributed by atoms with Gasteiger partial charge in [0.05, 0.1) is 0 Å². The molecule has 2 fully saturated rings. The van der Waals surface area contributed by atoms with Crippen LogP contribution in [-0.4, -0.2) is 35.3 Å². The minimum atomic E-state index is -0.288. The molecule has 2 aromatic carbocycles. The van der Waals surface area contributed by atoms with Crippen molar-refractivity contribution in [1.29, 1.82) is 0 Å². The van der Waals surface area contributed by atoms with Crippen molar-refractivity contribution in [3.63, 3.8) is 0 Å². The summed E-state index contributed by atoms with van der Waals surface area (Å²) in [6, 6.07) is 13.3. The molecule has 0 aliphatic heterocycles. The van der Waals surface area contributed by atoms with Gasteiger partial charge in [0.1, 0.15) is 5.82 Å².